The number of fused-ring (bicyclic) bond motifs is 3. The Kier molecular flexibility index (Phi) is 21.6. The summed E-state index contributed by atoms with van der Waals surface area (Å²) in [6.07, 6.45) is 13.2. The van der Waals surface area contributed by atoms with E-state index in [2.05, 4.69) is 0 Å². The zero-order valence-electron chi connectivity index (χ0n) is 43.0. The number of piperidine rings is 1. The number of Topliss-reactive ketones (excluding diaryl/α,β-unsaturated/α-hetero) is 3. The lowest BCUT2D eigenvalue weighted by atomic mass is 9.79. The largest absolute Gasteiger partial charge is 0.460 e. The number of carbonyl (C=O) groups is 5. The summed E-state index contributed by atoms with van der Waals surface area (Å²) in [4.78, 5) is 72.9. The van der Waals surface area contributed by atoms with Crippen LogP contribution >= 0.6 is 0 Å². The van der Waals surface area contributed by atoms with Gasteiger partial charge in [0.25, 0.3) is 11.7 Å². The Balaban J connectivity index is 1.50. The van der Waals surface area contributed by atoms with Crippen molar-refractivity contribution < 1.29 is 63.0 Å². The molecule has 1 aliphatic carbocycles. The molecular weight excluding hydrogens is 883 g/mol. The number of allylic oxidation sites excluding steroid dienone is 6. The minimum atomic E-state index is -2.44. The maximum absolute atomic E-state index is 14.5. The normalized spacial score (nSPS) is 39.0. The van der Waals surface area contributed by atoms with E-state index in [4.69, 9.17) is 23.7 Å². The molecule has 388 valence electrons. The van der Waals surface area contributed by atoms with Gasteiger partial charge < -0.3 is 43.9 Å². The average Bonchev–Trinajstić information content (AvgIpc) is 3.30. The van der Waals surface area contributed by atoms with Gasteiger partial charge in [-0.05, 0) is 119 Å². The molecule has 3 N–H and O–H groups in total. The SMILES string of the molecule is CO[C@H]1C(=O)[C@H](C)C[C@H](C)/C=C/C=C/C=C(\C)C(OCC2COC2)C[C@@H]2CC[C@@H](C)[C@@](O)(O2)C(=O)C(=O)N2CCCC[C@H]2C(=O)O[C@H]([C@H](C)CC2CCC(O)CC2)CC(=O)[C@H](C(C)C)/C=C(\C)[C@H]1O. The third-order valence-electron chi connectivity index (χ3n) is 15.6. The van der Waals surface area contributed by atoms with Gasteiger partial charge in [-0.15, -0.1) is 0 Å². The van der Waals surface area contributed by atoms with E-state index in [1.54, 1.807) is 19.9 Å². The minimum Gasteiger partial charge on any atom is -0.460 e. The zero-order valence-corrected chi connectivity index (χ0v) is 43.0. The van der Waals surface area contributed by atoms with E-state index in [1.165, 1.54) is 12.0 Å². The fourth-order valence-electron chi connectivity index (χ4n) is 10.8. The molecule has 4 fully saturated rings. The van der Waals surface area contributed by atoms with Gasteiger partial charge in [-0.3, -0.25) is 19.2 Å². The minimum absolute atomic E-state index is 0.0128. The number of aliphatic hydroxyl groups is 3. The van der Waals surface area contributed by atoms with Gasteiger partial charge in [0.1, 0.15) is 30.1 Å². The van der Waals surface area contributed by atoms with Gasteiger partial charge in [-0.1, -0.05) is 78.0 Å². The number of nitrogens with zero attached hydrogens (tertiary/aromatic N) is 1. The van der Waals surface area contributed by atoms with E-state index in [0.29, 0.717) is 83.2 Å². The zero-order chi connectivity index (χ0) is 50.6. The number of hydrogen-bond donors (Lipinski definition) is 3. The molecule has 5 aliphatic rings. The van der Waals surface area contributed by atoms with Crippen molar-refractivity contribution in [3.63, 3.8) is 0 Å². The van der Waals surface area contributed by atoms with Crippen LogP contribution in [0.2, 0.25) is 0 Å². The Bertz CT molecular complexity index is 1860. The van der Waals surface area contributed by atoms with Crippen LogP contribution in [0.4, 0.5) is 0 Å². The first-order chi connectivity index (χ1) is 32.7. The maximum Gasteiger partial charge on any atom is 0.329 e. The Labute approximate surface area is 411 Å². The van der Waals surface area contributed by atoms with Crippen molar-refractivity contribution in [3.05, 3.63) is 47.6 Å². The molecule has 1 unspecified atom stereocenters. The van der Waals surface area contributed by atoms with Gasteiger partial charge in [0, 0.05) is 50.2 Å². The summed E-state index contributed by atoms with van der Waals surface area (Å²) in [7, 11) is 1.40. The van der Waals surface area contributed by atoms with E-state index in [0.717, 1.165) is 18.4 Å². The number of amides is 1. The fraction of sp³-hybridized carbons (Fsp3) is 0.764. The van der Waals surface area contributed by atoms with Crippen molar-refractivity contribution in [1.82, 2.24) is 4.90 Å². The monoisotopic (exact) mass is 968 g/mol. The van der Waals surface area contributed by atoms with Crippen molar-refractivity contribution >= 4 is 29.2 Å². The van der Waals surface area contributed by atoms with Gasteiger partial charge in [0.05, 0.1) is 38.1 Å². The Morgan fingerprint density at radius 3 is 2.22 bits per heavy atom. The molecule has 0 radical (unpaired) electrons. The first kappa shape index (κ1) is 56.5. The second kappa shape index (κ2) is 26.4. The van der Waals surface area contributed by atoms with Crippen molar-refractivity contribution in [3.8, 4) is 0 Å². The summed E-state index contributed by atoms with van der Waals surface area (Å²) in [5.74, 6) is -7.61. The molecule has 0 aromatic heterocycles. The summed E-state index contributed by atoms with van der Waals surface area (Å²) in [6.45, 7) is 16.7. The number of carbonyl (C=O) groups excluding carboxylic acids is 5. The second-order valence-electron chi connectivity index (χ2n) is 21.7. The Morgan fingerprint density at radius 2 is 1.57 bits per heavy atom. The Hall–Kier alpha value is -3.37. The van der Waals surface area contributed by atoms with Crippen LogP contribution in [0.5, 0.6) is 0 Å². The van der Waals surface area contributed by atoms with Crippen LogP contribution in [0, 0.1) is 47.3 Å². The third-order valence-corrected chi connectivity index (χ3v) is 15.6. The third kappa shape index (κ3) is 15.3. The lowest BCUT2D eigenvalue weighted by Crippen LogP contribution is -2.61. The predicted octanol–water partition coefficient (Wildman–Crippen LogP) is 7.21. The van der Waals surface area contributed by atoms with Gasteiger partial charge in [0.2, 0.25) is 5.79 Å². The highest BCUT2D eigenvalue weighted by Gasteiger charge is 2.53. The van der Waals surface area contributed by atoms with Crippen molar-refractivity contribution in [2.45, 2.75) is 187 Å². The molecule has 69 heavy (non-hydrogen) atoms. The second-order valence-corrected chi connectivity index (χ2v) is 21.7. The molecule has 0 spiro atoms. The smallest absolute Gasteiger partial charge is 0.329 e. The van der Waals surface area contributed by atoms with Crippen LogP contribution in [0.1, 0.15) is 139 Å². The molecule has 0 aromatic rings. The number of ketones is 3. The van der Waals surface area contributed by atoms with Crippen LogP contribution in [0.25, 0.3) is 0 Å². The summed E-state index contributed by atoms with van der Waals surface area (Å²) >= 11 is 0. The van der Waals surface area contributed by atoms with Gasteiger partial charge in [-0.2, -0.15) is 0 Å². The number of esters is 1. The maximum atomic E-state index is 14.5. The first-order valence-electron chi connectivity index (χ1n) is 26.0. The number of methoxy groups -OCH3 is 1. The highest BCUT2D eigenvalue weighted by molar-refractivity contribution is 6.39. The highest BCUT2D eigenvalue weighted by atomic mass is 16.6. The van der Waals surface area contributed by atoms with Crippen LogP contribution in [0.15, 0.2) is 47.6 Å². The first-order valence-corrected chi connectivity index (χ1v) is 26.0. The van der Waals surface area contributed by atoms with E-state index >= 15 is 0 Å². The molecule has 0 aromatic carbocycles. The standard InChI is InChI=1S/C55H85NO13/c1-33(2)44-27-38(7)50(60)51(65-9)49(59)37(6)25-34(3)15-11-10-12-16-35(4)47(67-32-41-30-66-31-41)28-43-23-18-39(8)55(64,69-43)52(61)53(62)56-24-14-13-17-45(56)54(63)68-48(29-46(44)58)36(5)26-40-19-21-42(57)22-20-40/h10-12,15-16,27,33-34,36-37,39-45,47-48,50-51,57,60,64H,13-14,17-26,28-32H2,1-9H3/b12-10+,15-11+,35-16+,38-27+/t34-,36-,37-,39-,40?,42?,43+,44+,45+,47?,48+,50-,51+,55-/m1/s1. The summed E-state index contributed by atoms with van der Waals surface area (Å²) in [5.41, 5.74) is 1.32. The van der Waals surface area contributed by atoms with Crippen molar-refractivity contribution in [2.75, 3.05) is 33.5 Å². The molecule has 4 heterocycles. The molecule has 12 atom stereocenters. The highest BCUT2D eigenvalue weighted by Crippen LogP contribution is 2.38. The van der Waals surface area contributed by atoms with Gasteiger partial charge >= 0.3 is 5.97 Å². The van der Waals surface area contributed by atoms with E-state index in [1.807, 2.05) is 71.9 Å². The van der Waals surface area contributed by atoms with Gasteiger partial charge in [-0.25, -0.2) is 4.79 Å². The molecule has 1 amide bonds. The lowest BCUT2D eigenvalue weighted by molar-refractivity contribution is -0.266. The molecule has 4 aliphatic heterocycles. The number of cyclic esters (lactones) is 1. The number of aliphatic hydroxyl groups excluding tert-OH is 2. The fourth-order valence-corrected chi connectivity index (χ4v) is 10.8. The van der Waals surface area contributed by atoms with E-state index in [9.17, 15) is 39.3 Å². The number of hydrogen-bond acceptors (Lipinski definition) is 13. The van der Waals surface area contributed by atoms with Gasteiger partial charge in [0.15, 0.2) is 5.78 Å². The lowest BCUT2D eigenvalue weighted by Gasteiger charge is -2.43. The predicted molar refractivity (Wildman–Crippen MR) is 261 cm³/mol. The van der Waals surface area contributed by atoms with Crippen LogP contribution in [-0.4, -0.2) is 131 Å². The molecule has 14 heteroatoms. The topological polar surface area (TPSA) is 195 Å². The van der Waals surface area contributed by atoms with Crippen LogP contribution in [0.3, 0.4) is 0 Å². The van der Waals surface area contributed by atoms with Crippen LogP contribution < -0.4 is 0 Å². The molecule has 14 nitrogen and oxygen atoms in total. The summed E-state index contributed by atoms with van der Waals surface area (Å²) in [5, 5.41) is 34.0. The number of rotatable bonds is 8. The average molecular weight is 968 g/mol. The van der Waals surface area contributed by atoms with E-state index in [-0.39, 0.29) is 66.6 Å². The molecular formula is C55H85NO13. The van der Waals surface area contributed by atoms with Crippen molar-refractivity contribution in [2.24, 2.45) is 47.3 Å². The van der Waals surface area contributed by atoms with Crippen LogP contribution in [-0.2, 0) is 47.7 Å². The molecule has 3 saturated heterocycles. The summed E-state index contributed by atoms with van der Waals surface area (Å²) in [6, 6.07) is -1.13. The molecule has 5 rings (SSSR count). The van der Waals surface area contributed by atoms with Crippen molar-refractivity contribution in [1.29, 1.82) is 0 Å². The quantitative estimate of drug-likeness (QED) is 0.126. The summed E-state index contributed by atoms with van der Waals surface area (Å²) < 4.78 is 30.1. The molecule has 2 bridgehead atoms. The van der Waals surface area contributed by atoms with E-state index < -0.39 is 77.8 Å². The molecule has 1 saturated carbocycles. The number of ether oxygens (including phenoxy) is 5. The Morgan fingerprint density at radius 1 is 0.855 bits per heavy atom.